The molecule has 0 saturated carbocycles. The van der Waals surface area contributed by atoms with Crippen LogP contribution < -0.4 is 5.32 Å². The van der Waals surface area contributed by atoms with Gasteiger partial charge in [-0.1, -0.05) is 13.8 Å². The number of hydrogen-bond donors (Lipinski definition) is 3. The quantitative estimate of drug-likeness (QED) is 0.463. The van der Waals surface area contributed by atoms with Gasteiger partial charge in [-0.25, -0.2) is 0 Å². The molecule has 3 N–H and O–H groups in total. The first-order valence-electron chi connectivity index (χ1n) is 5.12. The summed E-state index contributed by atoms with van der Waals surface area (Å²) in [5, 5.41) is 20.7. The van der Waals surface area contributed by atoms with Crippen molar-refractivity contribution in [2.45, 2.75) is 20.3 Å². The van der Waals surface area contributed by atoms with Gasteiger partial charge in [-0.2, -0.15) is 0 Å². The Bertz CT molecular complexity index is 129. The molecule has 0 radical (unpaired) electrons. The fraction of sp³-hybridized carbons (Fsp3) is 1.00. The lowest BCUT2D eigenvalue weighted by atomic mass is 9.95. The predicted molar refractivity (Wildman–Crippen MR) is 56.3 cm³/mol. The lowest BCUT2D eigenvalue weighted by Gasteiger charge is -2.21. The van der Waals surface area contributed by atoms with E-state index >= 15 is 0 Å². The third kappa shape index (κ3) is 8.44. The van der Waals surface area contributed by atoms with E-state index in [1.807, 2.05) is 13.8 Å². The molecule has 0 amide bonds. The summed E-state index contributed by atoms with van der Waals surface area (Å²) in [6.45, 7) is 7.10. The molecule has 0 aliphatic carbocycles. The lowest BCUT2D eigenvalue weighted by molar-refractivity contribution is 0.0898. The molecule has 0 rings (SSSR count). The van der Waals surface area contributed by atoms with E-state index in [2.05, 4.69) is 5.32 Å². The van der Waals surface area contributed by atoms with Crippen LogP contribution in [0.25, 0.3) is 0 Å². The second-order valence-electron chi connectivity index (χ2n) is 4.19. The van der Waals surface area contributed by atoms with E-state index in [1.54, 1.807) is 0 Å². The van der Waals surface area contributed by atoms with Crippen LogP contribution in [0.15, 0.2) is 0 Å². The summed E-state index contributed by atoms with van der Waals surface area (Å²) >= 11 is 0. The van der Waals surface area contributed by atoms with Crippen molar-refractivity contribution in [3.63, 3.8) is 0 Å². The summed E-state index contributed by atoms with van der Waals surface area (Å²) in [6.07, 6.45) is 0.932. The maximum absolute atomic E-state index is 8.97. The first-order valence-corrected chi connectivity index (χ1v) is 5.12. The predicted octanol–water partition coefficient (Wildman–Crippen LogP) is -0.00650. The molecule has 0 aromatic heterocycles. The highest BCUT2D eigenvalue weighted by Crippen LogP contribution is 2.10. The Balaban J connectivity index is 3.13. The number of nitrogens with one attached hydrogen (secondary N) is 1. The van der Waals surface area contributed by atoms with E-state index < -0.39 is 0 Å². The Morgan fingerprint density at radius 3 is 2.50 bits per heavy atom. The largest absolute Gasteiger partial charge is 0.396 e. The third-order valence-corrected chi connectivity index (χ3v) is 1.91. The van der Waals surface area contributed by atoms with Crippen molar-refractivity contribution < 1.29 is 14.9 Å². The van der Waals surface area contributed by atoms with Crippen LogP contribution in [0.2, 0.25) is 0 Å². The molecule has 0 aromatic carbocycles. The van der Waals surface area contributed by atoms with Crippen LogP contribution in [-0.2, 0) is 4.74 Å². The van der Waals surface area contributed by atoms with Crippen molar-refractivity contribution in [3.05, 3.63) is 0 Å². The molecule has 0 spiro atoms. The van der Waals surface area contributed by atoms with Crippen LogP contribution in [0.3, 0.4) is 0 Å². The number of ether oxygens (including phenoxy) is 1. The van der Waals surface area contributed by atoms with Gasteiger partial charge in [0.1, 0.15) is 0 Å². The molecule has 0 heterocycles. The summed E-state index contributed by atoms with van der Waals surface area (Å²) in [5.41, 5.74) is -0.0496. The Kier molecular flexibility index (Phi) is 8.08. The highest BCUT2D eigenvalue weighted by molar-refractivity contribution is 4.69. The molecule has 0 unspecified atom stereocenters. The van der Waals surface area contributed by atoms with Crippen LogP contribution in [0.4, 0.5) is 0 Å². The zero-order valence-corrected chi connectivity index (χ0v) is 9.25. The van der Waals surface area contributed by atoms with Crippen LogP contribution in [0.1, 0.15) is 20.3 Å². The highest BCUT2D eigenvalue weighted by atomic mass is 16.5. The van der Waals surface area contributed by atoms with Crippen molar-refractivity contribution >= 4 is 0 Å². The van der Waals surface area contributed by atoms with E-state index in [-0.39, 0.29) is 18.6 Å². The fourth-order valence-corrected chi connectivity index (χ4v) is 0.949. The van der Waals surface area contributed by atoms with Gasteiger partial charge in [0, 0.05) is 25.2 Å². The average Bonchev–Trinajstić information content (AvgIpc) is 2.16. The van der Waals surface area contributed by atoms with E-state index in [0.29, 0.717) is 13.2 Å². The zero-order chi connectivity index (χ0) is 10.9. The SMILES string of the molecule is CC(C)(CO)CNCCCOCCO. The summed E-state index contributed by atoms with van der Waals surface area (Å²) in [6, 6.07) is 0. The maximum Gasteiger partial charge on any atom is 0.0697 e. The number of aliphatic hydroxyl groups is 2. The van der Waals surface area contributed by atoms with Crippen LogP contribution >= 0.6 is 0 Å². The fourth-order valence-electron chi connectivity index (χ4n) is 0.949. The van der Waals surface area contributed by atoms with Gasteiger partial charge in [-0.05, 0) is 13.0 Å². The molecular formula is C10H23NO3. The van der Waals surface area contributed by atoms with Gasteiger partial charge in [-0.15, -0.1) is 0 Å². The van der Waals surface area contributed by atoms with E-state index in [1.165, 1.54) is 0 Å². The minimum absolute atomic E-state index is 0.0496. The molecule has 4 heteroatoms. The van der Waals surface area contributed by atoms with Gasteiger partial charge in [0.2, 0.25) is 0 Å². The molecule has 0 saturated heterocycles. The molecule has 0 aliphatic heterocycles. The average molecular weight is 205 g/mol. The summed E-state index contributed by atoms with van der Waals surface area (Å²) < 4.78 is 5.10. The van der Waals surface area contributed by atoms with Crippen molar-refractivity contribution in [2.75, 3.05) is 39.5 Å². The Hall–Kier alpha value is -0.160. The van der Waals surface area contributed by atoms with Gasteiger partial charge >= 0.3 is 0 Å². The minimum atomic E-state index is -0.0496. The second kappa shape index (κ2) is 8.17. The maximum atomic E-state index is 8.97. The van der Waals surface area contributed by atoms with Crippen LogP contribution in [0.5, 0.6) is 0 Å². The van der Waals surface area contributed by atoms with Crippen molar-refractivity contribution in [1.29, 1.82) is 0 Å². The first kappa shape index (κ1) is 13.8. The first-order chi connectivity index (χ1) is 6.62. The molecule has 0 aliphatic rings. The normalized spacial score (nSPS) is 12.0. The summed E-state index contributed by atoms with van der Waals surface area (Å²) in [7, 11) is 0. The van der Waals surface area contributed by atoms with Gasteiger partial charge < -0.3 is 20.3 Å². The minimum Gasteiger partial charge on any atom is -0.396 e. The molecular weight excluding hydrogens is 182 g/mol. The van der Waals surface area contributed by atoms with Crippen LogP contribution in [0, 0.1) is 5.41 Å². The molecule has 14 heavy (non-hydrogen) atoms. The molecule has 0 bridgehead atoms. The molecule has 86 valence electrons. The smallest absolute Gasteiger partial charge is 0.0697 e. The second-order valence-corrected chi connectivity index (χ2v) is 4.19. The number of hydrogen-bond acceptors (Lipinski definition) is 4. The monoisotopic (exact) mass is 205 g/mol. The summed E-state index contributed by atoms with van der Waals surface area (Å²) in [5.74, 6) is 0. The van der Waals surface area contributed by atoms with Crippen molar-refractivity contribution in [3.8, 4) is 0 Å². The molecule has 4 nitrogen and oxygen atoms in total. The van der Waals surface area contributed by atoms with E-state index in [0.717, 1.165) is 19.5 Å². The van der Waals surface area contributed by atoms with Gasteiger partial charge in [0.05, 0.1) is 13.2 Å². The summed E-state index contributed by atoms with van der Waals surface area (Å²) in [4.78, 5) is 0. The molecule has 0 aromatic rings. The Morgan fingerprint density at radius 2 is 1.93 bits per heavy atom. The van der Waals surface area contributed by atoms with E-state index in [4.69, 9.17) is 14.9 Å². The van der Waals surface area contributed by atoms with Gasteiger partial charge in [-0.3, -0.25) is 0 Å². The molecule has 0 atom stereocenters. The van der Waals surface area contributed by atoms with Crippen molar-refractivity contribution in [1.82, 2.24) is 5.32 Å². The van der Waals surface area contributed by atoms with Gasteiger partial charge in [0.15, 0.2) is 0 Å². The topological polar surface area (TPSA) is 61.7 Å². The Morgan fingerprint density at radius 1 is 1.21 bits per heavy atom. The van der Waals surface area contributed by atoms with Crippen LogP contribution in [-0.4, -0.2) is 49.7 Å². The number of rotatable bonds is 9. The standard InChI is InChI=1S/C10H23NO3/c1-10(2,9-13)8-11-4-3-6-14-7-5-12/h11-13H,3-9H2,1-2H3. The highest BCUT2D eigenvalue weighted by Gasteiger charge is 2.14. The number of aliphatic hydroxyl groups excluding tert-OH is 2. The van der Waals surface area contributed by atoms with E-state index in [9.17, 15) is 0 Å². The third-order valence-electron chi connectivity index (χ3n) is 1.91. The molecule has 0 fully saturated rings. The van der Waals surface area contributed by atoms with Gasteiger partial charge in [0.25, 0.3) is 0 Å². The Labute approximate surface area is 86.3 Å². The lowest BCUT2D eigenvalue weighted by Crippen LogP contribution is -2.33. The zero-order valence-electron chi connectivity index (χ0n) is 9.25. The van der Waals surface area contributed by atoms with Crippen molar-refractivity contribution in [2.24, 2.45) is 5.41 Å².